The quantitative estimate of drug-likeness (QED) is 0.660. The third-order valence-electron chi connectivity index (χ3n) is 2.85. The molecule has 0 bridgehead atoms. The lowest BCUT2D eigenvalue weighted by Crippen LogP contribution is -2.34. The molecule has 0 aliphatic carbocycles. The van der Waals surface area contributed by atoms with Crippen molar-refractivity contribution in [3.63, 3.8) is 0 Å². The van der Waals surface area contributed by atoms with Crippen molar-refractivity contribution in [3.05, 3.63) is 29.3 Å². The fraction of sp³-hybridized carbons (Fsp3) is 0.533. The van der Waals surface area contributed by atoms with Crippen LogP contribution in [0.5, 0.6) is 5.75 Å². The maximum absolute atomic E-state index is 13.2. The minimum Gasteiger partial charge on any atom is -0.505 e. The van der Waals surface area contributed by atoms with Crippen molar-refractivity contribution in [3.8, 4) is 5.75 Å². The van der Waals surface area contributed by atoms with Gasteiger partial charge in [0.2, 0.25) is 0 Å². The predicted molar refractivity (Wildman–Crippen MR) is 77.8 cm³/mol. The van der Waals surface area contributed by atoms with Gasteiger partial charge in [-0.05, 0) is 33.3 Å². The number of alkyl carbamates (subject to hydrolysis) is 1. The number of halogens is 2. The smallest absolute Gasteiger partial charge is 0.407 e. The zero-order chi connectivity index (χ0) is 17.8. The second-order valence-corrected chi connectivity index (χ2v) is 6.05. The van der Waals surface area contributed by atoms with Gasteiger partial charge in [0.1, 0.15) is 17.5 Å². The van der Waals surface area contributed by atoms with E-state index in [1.54, 1.807) is 20.8 Å². The lowest BCUT2D eigenvalue weighted by atomic mass is 10.0. The average Bonchev–Trinajstić information content (AvgIpc) is 2.39. The van der Waals surface area contributed by atoms with Gasteiger partial charge in [-0.15, -0.1) is 0 Å². The second-order valence-electron chi connectivity index (χ2n) is 6.05. The fourth-order valence-corrected chi connectivity index (χ4v) is 1.81. The minimum absolute atomic E-state index is 0.0360. The van der Waals surface area contributed by atoms with Crippen molar-refractivity contribution in [1.82, 2.24) is 5.32 Å². The molecule has 0 radical (unpaired) electrons. The van der Waals surface area contributed by atoms with Crippen molar-refractivity contribution >= 4 is 6.09 Å². The first-order valence-electron chi connectivity index (χ1n) is 7.02. The van der Waals surface area contributed by atoms with Gasteiger partial charge in [-0.2, -0.15) is 0 Å². The first-order chi connectivity index (χ1) is 10.5. The van der Waals surface area contributed by atoms with E-state index < -0.39 is 46.8 Å². The Labute approximate surface area is 132 Å². The Bertz CT molecular complexity index is 560. The summed E-state index contributed by atoms with van der Waals surface area (Å²) in [6.45, 7) is 5.02. The van der Waals surface area contributed by atoms with Crippen LogP contribution in [0.4, 0.5) is 13.6 Å². The van der Waals surface area contributed by atoms with Gasteiger partial charge >= 0.3 is 6.09 Å². The molecule has 0 saturated heterocycles. The number of aromatic hydroxyl groups is 1. The third kappa shape index (κ3) is 5.99. The highest BCUT2D eigenvalue weighted by atomic mass is 19.1. The molecule has 1 amide bonds. The Balaban J connectivity index is 2.58. The van der Waals surface area contributed by atoms with E-state index in [4.69, 9.17) is 4.74 Å². The normalized spacial score (nSPS) is 14.2. The standard InChI is InChI=1S/C15H21F2NO5/c1-15(2,3)23-14(22)18-5-4-11(19)13(21)9-6-8(16)7-10(17)12(9)20/h6-7,11,13,19-21H,4-5H2,1-3H3,(H,18,22). The van der Waals surface area contributed by atoms with Gasteiger partial charge in [-0.3, -0.25) is 0 Å². The molecule has 6 nitrogen and oxygen atoms in total. The summed E-state index contributed by atoms with van der Waals surface area (Å²) in [5.74, 6) is -3.16. The number of phenolic OH excluding ortho intramolecular Hbond substituents is 1. The van der Waals surface area contributed by atoms with E-state index in [1.807, 2.05) is 0 Å². The predicted octanol–water partition coefficient (Wildman–Crippen LogP) is 1.98. The highest BCUT2D eigenvalue weighted by Gasteiger charge is 2.24. The summed E-state index contributed by atoms with van der Waals surface area (Å²) < 4.78 is 31.3. The van der Waals surface area contributed by atoms with E-state index in [0.717, 1.165) is 6.07 Å². The lowest BCUT2D eigenvalue weighted by Gasteiger charge is -2.21. The number of ether oxygens (including phenoxy) is 1. The van der Waals surface area contributed by atoms with E-state index in [-0.39, 0.29) is 13.0 Å². The second kappa shape index (κ2) is 7.56. The van der Waals surface area contributed by atoms with Gasteiger partial charge in [-0.1, -0.05) is 0 Å². The maximum atomic E-state index is 13.2. The van der Waals surface area contributed by atoms with Gasteiger partial charge in [-0.25, -0.2) is 13.6 Å². The summed E-state index contributed by atoms with van der Waals surface area (Å²) in [5.41, 5.74) is -1.14. The van der Waals surface area contributed by atoms with Gasteiger partial charge < -0.3 is 25.4 Å². The number of rotatable bonds is 5. The van der Waals surface area contributed by atoms with Crippen LogP contribution in [0.3, 0.4) is 0 Å². The molecule has 130 valence electrons. The zero-order valence-corrected chi connectivity index (χ0v) is 13.1. The molecule has 0 heterocycles. The zero-order valence-electron chi connectivity index (χ0n) is 13.1. The Morgan fingerprint density at radius 2 is 1.91 bits per heavy atom. The Hall–Kier alpha value is -1.93. The SMILES string of the molecule is CC(C)(C)OC(=O)NCCC(O)C(O)c1cc(F)cc(F)c1O. The van der Waals surface area contributed by atoms with E-state index in [2.05, 4.69) is 5.32 Å². The van der Waals surface area contributed by atoms with Crippen LogP contribution in [0.15, 0.2) is 12.1 Å². The molecule has 23 heavy (non-hydrogen) atoms. The van der Waals surface area contributed by atoms with E-state index in [1.165, 1.54) is 0 Å². The van der Waals surface area contributed by atoms with Crippen LogP contribution < -0.4 is 5.32 Å². The summed E-state index contributed by atoms with van der Waals surface area (Å²) in [6, 6.07) is 1.19. The number of aliphatic hydroxyl groups is 2. The maximum Gasteiger partial charge on any atom is 0.407 e. The summed E-state index contributed by atoms with van der Waals surface area (Å²) in [6.07, 6.45) is -3.96. The van der Waals surface area contributed by atoms with E-state index in [0.29, 0.717) is 6.07 Å². The van der Waals surface area contributed by atoms with Crippen LogP contribution in [0.1, 0.15) is 38.9 Å². The molecular weight excluding hydrogens is 312 g/mol. The van der Waals surface area contributed by atoms with Crippen LogP contribution in [0, 0.1) is 11.6 Å². The van der Waals surface area contributed by atoms with Crippen LogP contribution in [-0.2, 0) is 4.74 Å². The fourth-order valence-electron chi connectivity index (χ4n) is 1.81. The first-order valence-corrected chi connectivity index (χ1v) is 7.02. The van der Waals surface area contributed by atoms with Crippen LogP contribution in [0.25, 0.3) is 0 Å². The summed E-state index contributed by atoms with van der Waals surface area (Å²) in [4.78, 5) is 11.4. The molecule has 0 aliphatic heterocycles. The average molecular weight is 333 g/mol. The number of amides is 1. The molecule has 4 N–H and O–H groups in total. The number of carbonyl (C=O) groups excluding carboxylic acids is 1. The molecule has 0 spiro atoms. The van der Waals surface area contributed by atoms with Crippen molar-refractivity contribution in [1.29, 1.82) is 0 Å². The number of phenols is 1. The molecule has 2 unspecified atom stereocenters. The largest absolute Gasteiger partial charge is 0.505 e. The molecule has 0 saturated carbocycles. The summed E-state index contributed by atoms with van der Waals surface area (Å²) in [7, 11) is 0. The third-order valence-corrected chi connectivity index (χ3v) is 2.85. The molecule has 1 rings (SSSR count). The molecular formula is C15H21F2NO5. The monoisotopic (exact) mass is 333 g/mol. The molecule has 0 aromatic heterocycles. The van der Waals surface area contributed by atoms with E-state index in [9.17, 15) is 28.9 Å². The van der Waals surface area contributed by atoms with E-state index >= 15 is 0 Å². The highest BCUT2D eigenvalue weighted by molar-refractivity contribution is 5.67. The van der Waals surface area contributed by atoms with Crippen LogP contribution in [-0.4, -0.2) is 39.7 Å². The highest BCUT2D eigenvalue weighted by Crippen LogP contribution is 2.30. The molecule has 8 heteroatoms. The van der Waals surface area contributed by atoms with Crippen molar-refractivity contribution in [2.75, 3.05) is 6.54 Å². The number of nitrogens with one attached hydrogen (secondary N) is 1. The number of hydrogen-bond acceptors (Lipinski definition) is 5. The molecule has 2 atom stereocenters. The molecule has 0 fully saturated rings. The van der Waals surface area contributed by atoms with Crippen molar-refractivity contribution in [2.45, 2.75) is 45.0 Å². The topological polar surface area (TPSA) is 99.0 Å². The first kappa shape index (κ1) is 19.1. The Morgan fingerprint density at radius 3 is 2.48 bits per heavy atom. The minimum atomic E-state index is -1.71. The van der Waals surface area contributed by atoms with Crippen LogP contribution >= 0.6 is 0 Å². The van der Waals surface area contributed by atoms with Crippen LogP contribution in [0.2, 0.25) is 0 Å². The molecule has 1 aromatic carbocycles. The summed E-state index contributed by atoms with van der Waals surface area (Å²) in [5, 5.41) is 31.6. The van der Waals surface area contributed by atoms with Gasteiger partial charge in [0, 0.05) is 18.2 Å². The lowest BCUT2D eigenvalue weighted by molar-refractivity contribution is 0.0106. The van der Waals surface area contributed by atoms with Gasteiger partial charge in [0.25, 0.3) is 0 Å². The molecule has 1 aromatic rings. The molecule has 0 aliphatic rings. The summed E-state index contributed by atoms with van der Waals surface area (Å²) >= 11 is 0. The van der Waals surface area contributed by atoms with Gasteiger partial charge in [0.15, 0.2) is 11.6 Å². The van der Waals surface area contributed by atoms with Crippen molar-refractivity contribution in [2.24, 2.45) is 0 Å². The Kier molecular flexibility index (Phi) is 6.28. The van der Waals surface area contributed by atoms with Crippen molar-refractivity contribution < 1.29 is 33.6 Å². The number of aliphatic hydroxyl groups excluding tert-OH is 2. The number of benzene rings is 1. The Morgan fingerprint density at radius 1 is 1.30 bits per heavy atom. The number of hydrogen-bond donors (Lipinski definition) is 4. The van der Waals surface area contributed by atoms with Gasteiger partial charge in [0.05, 0.1) is 6.10 Å². The number of carbonyl (C=O) groups is 1.